The minimum atomic E-state index is -0.878. The van der Waals surface area contributed by atoms with Crippen LogP contribution in [0.4, 0.5) is 4.39 Å². The summed E-state index contributed by atoms with van der Waals surface area (Å²) in [5.41, 5.74) is 0.756. The Labute approximate surface area is 146 Å². The zero-order chi connectivity index (χ0) is 17.7. The Bertz CT molecular complexity index is 716. The molecule has 1 aromatic heterocycles. The molecule has 1 N–H and O–H groups in total. The quantitative estimate of drug-likeness (QED) is 0.903. The van der Waals surface area contributed by atoms with Crippen LogP contribution in [0.2, 0.25) is 0 Å². The first-order valence-electron chi connectivity index (χ1n) is 8.54. The van der Waals surface area contributed by atoms with Crippen molar-refractivity contribution in [1.82, 2.24) is 14.9 Å². The molecule has 0 aliphatic carbocycles. The molecule has 1 aliphatic rings. The number of rotatable bonds is 5. The van der Waals surface area contributed by atoms with Crippen LogP contribution in [-0.2, 0) is 17.6 Å². The second-order valence-electron chi connectivity index (χ2n) is 6.61. The molecule has 0 spiro atoms. The van der Waals surface area contributed by atoms with Crippen molar-refractivity contribution < 1.29 is 14.3 Å². The summed E-state index contributed by atoms with van der Waals surface area (Å²) in [7, 11) is 0. The smallest absolute Gasteiger partial charge is 0.222 e. The lowest BCUT2D eigenvalue weighted by atomic mass is 9.85. The van der Waals surface area contributed by atoms with Gasteiger partial charge >= 0.3 is 0 Å². The molecule has 1 fully saturated rings. The normalized spacial score (nSPS) is 16.6. The third-order valence-electron chi connectivity index (χ3n) is 4.71. The summed E-state index contributed by atoms with van der Waals surface area (Å²) < 4.78 is 13.3. The second kappa shape index (κ2) is 7.70. The van der Waals surface area contributed by atoms with E-state index in [-0.39, 0.29) is 11.7 Å². The number of amides is 1. The maximum Gasteiger partial charge on any atom is 0.222 e. The fourth-order valence-electron chi connectivity index (χ4n) is 3.24. The summed E-state index contributed by atoms with van der Waals surface area (Å²) in [6, 6.07) is 8.13. The maximum absolute atomic E-state index is 13.3. The molecule has 0 unspecified atom stereocenters. The average Bonchev–Trinajstić information content (AvgIpc) is 2.61. The van der Waals surface area contributed by atoms with Crippen LogP contribution in [0.1, 0.15) is 30.5 Å². The van der Waals surface area contributed by atoms with Crippen molar-refractivity contribution in [2.24, 2.45) is 0 Å². The van der Waals surface area contributed by atoms with Gasteiger partial charge in [-0.25, -0.2) is 14.4 Å². The zero-order valence-corrected chi connectivity index (χ0v) is 14.1. The van der Waals surface area contributed by atoms with Gasteiger partial charge in [-0.3, -0.25) is 4.79 Å². The monoisotopic (exact) mass is 343 g/mol. The van der Waals surface area contributed by atoms with Crippen molar-refractivity contribution in [1.29, 1.82) is 0 Å². The second-order valence-corrected chi connectivity index (χ2v) is 6.61. The number of benzene rings is 1. The van der Waals surface area contributed by atoms with Crippen LogP contribution in [0.3, 0.4) is 0 Å². The van der Waals surface area contributed by atoms with Gasteiger partial charge < -0.3 is 10.0 Å². The van der Waals surface area contributed by atoms with Crippen LogP contribution in [0.5, 0.6) is 0 Å². The fraction of sp³-hybridized carbons (Fsp3) is 0.421. The number of likely N-dealkylation sites (tertiary alicyclic amines) is 1. The minimum Gasteiger partial charge on any atom is -0.389 e. The molecule has 5 nitrogen and oxygen atoms in total. The lowest BCUT2D eigenvalue weighted by molar-refractivity contribution is -0.135. The Morgan fingerprint density at radius 2 is 2.08 bits per heavy atom. The largest absolute Gasteiger partial charge is 0.389 e. The minimum absolute atomic E-state index is 0.0754. The van der Waals surface area contributed by atoms with E-state index in [1.54, 1.807) is 23.2 Å². The number of nitrogens with zero attached hydrogens (tertiary/aromatic N) is 3. The van der Waals surface area contributed by atoms with Crippen molar-refractivity contribution in [2.75, 3.05) is 13.1 Å². The van der Waals surface area contributed by atoms with Gasteiger partial charge in [-0.05, 0) is 43.0 Å². The highest BCUT2D eigenvalue weighted by Crippen LogP contribution is 2.27. The van der Waals surface area contributed by atoms with Crippen LogP contribution >= 0.6 is 0 Å². The van der Waals surface area contributed by atoms with Gasteiger partial charge in [-0.1, -0.05) is 12.1 Å². The van der Waals surface area contributed by atoms with E-state index in [2.05, 4.69) is 9.97 Å². The number of hydrogen-bond acceptors (Lipinski definition) is 4. The molecule has 1 amide bonds. The Morgan fingerprint density at radius 3 is 2.76 bits per heavy atom. The molecule has 0 radical (unpaired) electrons. The number of halogens is 1. The number of carbonyl (C=O) groups is 1. The maximum atomic E-state index is 13.3. The zero-order valence-electron chi connectivity index (χ0n) is 14.1. The van der Waals surface area contributed by atoms with Crippen molar-refractivity contribution in [2.45, 2.75) is 37.7 Å². The molecule has 0 saturated carbocycles. The molecular weight excluding hydrogens is 321 g/mol. The van der Waals surface area contributed by atoms with Crippen LogP contribution in [0, 0.1) is 5.82 Å². The number of carbonyl (C=O) groups excluding carboxylic acids is 1. The molecular formula is C19H22FN3O2. The van der Waals surface area contributed by atoms with Gasteiger partial charge in [0.15, 0.2) is 0 Å². The lowest BCUT2D eigenvalue weighted by Gasteiger charge is -2.38. The summed E-state index contributed by atoms with van der Waals surface area (Å²) in [4.78, 5) is 22.1. The molecule has 0 bridgehead atoms. The Balaban J connectivity index is 1.49. The molecule has 1 aromatic carbocycles. The Kier molecular flexibility index (Phi) is 5.38. The molecule has 0 atom stereocenters. The number of hydrogen-bond donors (Lipinski definition) is 1. The fourth-order valence-corrected chi connectivity index (χ4v) is 3.24. The van der Waals surface area contributed by atoms with Gasteiger partial charge in [-0.2, -0.15) is 0 Å². The number of aromatic nitrogens is 2. The molecule has 2 heterocycles. The number of aliphatic hydroxyl groups is 1. The molecule has 6 heteroatoms. The SMILES string of the molecule is O=C(CCc1ccncn1)N1CCC(O)(Cc2cccc(F)c2)CC1. The lowest BCUT2D eigenvalue weighted by Crippen LogP contribution is -2.47. The predicted octanol–water partition coefficient (Wildman–Crippen LogP) is 2.14. The van der Waals surface area contributed by atoms with E-state index in [9.17, 15) is 14.3 Å². The van der Waals surface area contributed by atoms with E-state index in [4.69, 9.17) is 0 Å². The van der Waals surface area contributed by atoms with E-state index in [0.29, 0.717) is 45.2 Å². The summed E-state index contributed by atoms with van der Waals surface area (Å²) in [6.07, 6.45) is 5.55. The van der Waals surface area contributed by atoms with E-state index < -0.39 is 5.60 Å². The van der Waals surface area contributed by atoms with Gasteiger partial charge in [0.05, 0.1) is 5.60 Å². The van der Waals surface area contributed by atoms with Crippen LogP contribution < -0.4 is 0 Å². The highest BCUT2D eigenvalue weighted by molar-refractivity contribution is 5.76. The van der Waals surface area contributed by atoms with Crippen molar-refractivity contribution in [3.05, 3.63) is 59.9 Å². The van der Waals surface area contributed by atoms with E-state index >= 15 is 0 Å². The Morgan fingerprint density at radius 1 is 1.28 bits per heavy atom. The third-order valence-corrected chi connectivity index (χ3v) is 4.71. The molecule has 132 valence electrons. The van der Waals surface area contributed by atoms with Crippen molar-refractivity contribution >= 4 is 5.91 Å². The number of piperidine rings is 1. The average molecular weight is 343 g/mol. The van der Waals surface area contributed by atoms with Crippen LogP contribution in [-0.4, -0.2) is 44.6 Å². The topological polar surface area (TPSA) is 66.3 Å². The molecule has 1 saturated heterocycles. The standard InChI is InChI=1S/C19H22FN3O2/c20-16-3-1-2-15(12-16)13-19(25)7-10-23(11-8-19)18(24)5-4-17-6-9-21-14-22-17/h1-3,6,9,12,14,25H,4-5,7-8,10-11,13H2. The van der Waals surface area contributed by atoms with E-state index in [0.717, 1.165) is 11.3 Å². The first-order chi connectivity index (χ1) is 12.0. The molecule has 1 aliphatic heterocycles. The summed E-state index contributed by atoms with van der Waals surface area (Å²) in [5, 5.41) is 10.7. The highest BCUT2D eigenvalue weighted by atomic mass is 19.1. The first kappa shape index (κ1) is 17.5. The molecule has 25 heavy (non-hydrogen) atoms. The van der Waals surface area contributed by atoms with Gasteiger partial charge in [-0.15, -0.1) is 0 Å². The summed E-state index contributed by atoms with van der Waals surface area (Å²) in [5.74, 6) is -0.218. The van der Waals surface area contributed by atoms with E-state index in [1.165, 1.54) is 18.5 Å². The highest BCUT2D eigenvalue weighted by Gasteiger charge is 2.33. The first-order valence-corrected chi connectivity index (χ1v) is 8.54. The van der Waals surface area contributed by atoms with Crippen molar-refractivity contribution in [3.63, 3.8) is 0 Å². The van der Waals surface area contributed by atoms with Gasteiger partial charge in [0.2, 0.25) is 5.91 Å². The van der Waals surface area contributed by atoms with Crippen LogP contribution in [0.15, 0.2) is 42.9 Å². The third kappa shape index (κ3) is 4.82. The summed E-state index contributed by atoms with van der Waals surface area (Å²) >= 11 is 0. The molecule has 2 aromatic rings. The van der Waals surface area contributed by atoms with Gasteiger partial charge in [0, 0.05) is 37.8 Å². The van der Waals surface area contributed by atoms with Crippen LogP contribution in [0.25, 0.3) is 0 Å². The predicted molar refractivity (Wildman–Crippen MR) is 91.2 cm³/mol. The van der Waals surface area contributed by atoms with E-state index in [1.807, 2.05) is 6.07 Å². The van der Waals surface area contributed by atoms with Gasteiger partial charge in [0.25, 0.3) is 0 Å². The Hall–Kier alpha value is -2.34. The van der Waals surface area contributed by atoms with Crippen molar-refractivity contribution in [3.8, 4) is 0 Å². The summed E-state index contributed by atoms with van der Waals surface area (Å²) in [6.45, 7) is 1.04. The number of aryl methyl sites for hydroxylation is 1. The molecule has 3 rings (SSSR count). The van der Waals surface area contributed by atoms with Gasteiger partial charge in [0.1, 0.15) is 12.1 Å².